The van der Waals surface area contributed by atoms with Crippen molar-refractivity contribution < 1.29 is 16.8 Å². The molecule has 0 bridgehead atoms. The predicted octanol–water partition coefficient (Wildman–Crippen LogP) is 1.44. The standard InChI is InChI=1S/C12H16BrNO4S2/c13-8-10-3-5-12(6-4-10)20(17,18)14-11-2-1-7-19(15,16)9-11/h3-6,11,14H,1-2,7-9H2. The zero-order valence-electron chi connectivity index (χ0n) is 10.7. The minimum absolute atomic E-state index is 0.119. The van der Waals surface area contributed by atoms with Crippen LogP contribution < -0.4 is 4.72 Å². The topological polar surface area (TPSA) is 80.3 Å². The summed E-state index contributed by atoms with van der Waals surface area (Å²) in [6, 6.07) is 5.96. The summed E-state index contributed by atoms with van der Waals surface area (Å²) in [5.41, 5.74) is 0.976. The highest BCUT2D eigenvalue weighted by Crippen LogP contribution is 2.17. The van der Waals surface area contributed by atoms with E-state index in [4.69, 9.17) is 0 Å². The molecule has 2 rings (SSSR count). The third kappa shape index (κ3) is 4.03. The Morgan fingerprint density at radius 2 is 1.90 bits per heavy atom. The molecule has 1 saturated heterocycles. The highest BCUT2D eigenvalue weighted by Gasteiger charge is 2.28. The average molecular weight is 382 g/mol. The van der Waals surface area contributed by atoms with E-state index in [9.17, 15) is 16.8 Å². The molecule has 0 spiro atoms. The lowest BCUT2D eigenvalue weighted by Crippen LogP contribution is -2.43. The molecule has 1 atom stereocenters. The number of rotatable bonds is 4. The lowest BCUT2D eigenvalue weighted by atomic mass is 10.2. The summed E-state index contributed by atoms with van der Waals surface area (Å²) in [5, 5.41) is 0.654. The summed E-state index contributed by atoms with van der Waals surface area (Å²) >= 11 is 3.29. The maximum absolute atomic E-state index is 12.2. The molecule has 1 aromatic rings. The number of sulfone groups is 1. The van der Waals surface area contributed by atoms with Gasteiger partial charge in [-0.25, -0.2) is 21.6 Å². The molecule has 0 aliphatic carbocycles. The Morgan fingerprint density at radius 3 is 2.45 bits per heavy atom. The van der Waals surface area contributed by atoms with Crippen LogP contribution in [0.1, 0.15) is 18.4 Å². The van der Waals surface area contributed by atoms with Gasteiger partial charge in [-0.15, -0.1) is 0 Å². The van der Waals surface area contributed by atoms with E-state index in [0.29, 0.717) is 18.2 Å². The van der Waals surface area contributed by atoms with Gasteiger partial charge in [0.15, 0.2) is 9.84 Å². The highest BCUT2D eigenvalue weighted by molar-refractivity contribution is 9.08. The van der Waals surface area contributed by atoms with Gasteiger partial charge in [0.25, 0.3) is 0 Å². The molecule has 1 unspecified atom stereocenters. The molecule has 0 radical (unpaired) electrons. The summed E-state index contributed by atoms with van der Waals surface area (Å²) < 4.78 is 49.9. The Balaban J connectivity index is 2.14. The van der Waals surface area contributed by atoms with Crippen molar-refractivity contribution in [3.8, 4) is 0 Å². The largest absolute Gasteiger partial charge is 0.240 e. The van der Waals surface area contributed by atoms with Crippen LogP contribution in [0.25, 0.3) is 0 Å². The first-order chi connectivity index (χ1) is 9.32. The van der Waals surface area contributed by atoms with Crippen LogP contribution in [0, 0.1) is 0 Å². The fourth-order valence-corrected chi connectivity index (χ4v) is 5.55. The van der Waals surface area contributed by atoms with Crippen molar-refractivity contribution in [2.24, 2.45) is 0 Å². The Morgan fingerprint density at radius 1 is 1.25 bits per heavy atom. The van der Waals surface area contributed by atoms with Gasteiger partial charge in [0, 0.05) is 11.4 Å². The van der Waals surface area contributed by atoms with Crippen molar-refractivity contribution in [3.63, 3.8) is 0 Å². The first-order valence-corrected chi connectivity index (χ1v) is 10.6. The number of alkyl halides is 1. The second-order valence-corrected chi connectivity index (χ2v) is 9.36. The summed E-state index contributed by atoms with van der Waals surface area (Å²) in [7, 11) is -6.80. The fourth-order valence-electron chi connectivity index (χ4n) is 2.16. The van der Waals surface area contributed by atoms with Crippen LogP contribution in [-0.4, -0.2) is 34.4 Å². The Bertz CT molecular complexity index is 668. The average Bonchev–Trinajstić information content (AvgIpc) is 2.37. The molecule has 1 fully saturated rings. The van der Waals surface area contributed by atoms with Crippen LogP contribution >= 0.6 is 15.9 Å². The SMILES string of the molecule is O=S1(=O)CCCC(NS(=O)(=O)c2ccc(CBr)cc2)C1. The summed E-state index contributed by atoms with van der Waals surface area (Å²) in [4.78, 5) is 0.158. The van der Waals surface area contributed by atoms with Gasteiger partial charge in [0.1, 0.15) is 0 Å². The van der Waals surface area contributed by atoms with E-state index in [1.165, 1.54) is 12.1 Å². The van der Waals surface area contributed by atoms with Gasteiger partial charge in [-0.05, 0) is 30.5 Å². The van der Waals surface area contributed by atoms with Crippen LogP contribution in [0.15, 0.2) is 29.2 Å². The van der Waals surface area contributed by atoms with Gasteiger partial charge in [0.2, 0.25) is 10.0 Å². The van der Waals surface area contributed by atoms with Crippen molar-refractivity contribution in [2.45, 2.75) is 29.1 Å². The molecular formula is C12H16BrNO4S2. The van der Waals surface area contributed by atoms with Gasteiger partial charge in [-0.2, -0.15) is 0 Å². The lowest BCUT2D eigenvalue weighted by molar-refractivity contribution is 0.517. The van der Waals surface area contributed by atoms with Crippen molar-refractivity contribution >= 4 is 35.8 Å². The van der Waals surface area contributed by atoms with Crippen molar-refractivity contribution in [3.05, 3.63) is 29.8 Å². The van der Waals surface area contributed by atoms with Crippen LogP contribution in [0.2, 0.25) is 0 Å². The monoisotopic (exact) mass is 381 g/mol. The molecule has 112 valence electrons. The fraction of sp³-hybridized carbons (Fsp3) is 0.500. The first kappa shape index (κ1) is 15.9. The molecule has 1 aromatic carbocycles. The van der Waals surface area contributed by atoms with Crippen LogP contribution in [-0.2, 0) is 25.2 Å². The predicted molar refractivity (Wildman–Crippen MR) is 81.1 cm³/mol. The molecule has 5 nitrogen and oxygen atoms in total. The minimum atomic E-state index is -3.66. The minimum Gasteiger partial charge on any atom is -0.229 e. The Kier molecular flexibility index (Phi) is 4.88. The zero-order chi connectivity index (χ0) is 14.8. The number of benzene rings is 1. The van der Waals surface area contributed by atoms with Crippen LogP contribution in [0.3, 0.4) is 0 Å². The maximum atomic E-state index is 12.2. The van der Waals surface area contributed by atoms with Crippen LogP contribution in [0.4, 0.5) is 0 Å². The molecule has 0 saturated carbocycles. The number of sulfonamides is 1. The number of hydrogen-bond acceptors (Lipinski definition) is 4. The van der Waals surface area contributed by atoms with Crippen molar-refractivity contribution in [1.29, 1.82) is 0 Å². The highest BCUT2D eigenvalue weighted by atomic mass is 79.9. The molecule has 0 amide bonds. The lowest BCUT2D eigenvalue weighted by Gasteiger charge is -2.22. The third-order valence-electron chi connectivity index (χ3n) is 3.17. The molecule has 20 heavy (non-hydrogen) atoms. The van der Waals surface area contributed by atoms with E-state index >= 15 is 0 Å². The van der Waals surface area contributed by atoms with Crippen LogP contribution in [0.5, 0.6) is 0 Å². The smallest absolute Gasteiger partial charge is 0.229 e. The van der Waals surface area contributed by atoms with Crippen molar-refractivity contribution in [1.82, 2.24) is 4.72 Å². The number of nitrogens with one attached hydrogen (secondary N) is 1. The zero-order valence-corrected chi connectivity index (χ0v) is 14.0. The Hall–Kier alpha value is -0.440. The van der Waals surface area contributed by atoms with E-state index in [1.54, 1.807) is 12.1 Å². The van der Waals surface area contributed by atoms with E-state index in [-0.39, 0.29) is 16.4 Å². The number of halogens is 1. The number of hydrogen-bond donors (Lipinski definition) is 1. The molecular weight excluding hydrogens is 366 g/mol. The summed E-state index contributed by atoms with van der Waals surface area (Å²) in [5.74, 6) is 0.0247. The quantitative estimate of drug-likeness (QED) is 0.800. The molecule has 0 aromatic heterocycles. The van der Waals surface area contributed by atoms with Gasteiger partial charge < -0.3 is 0 Å². The second kappa shape index (κ2) is 6.13. The van der Waals surface area contributed by atoms with Crippen molar-refractivity contribution in [2.75, 3.05) is 11.5 Å². The molecule has 1 N–H and O–H groups in total. The second-order valence-electron chi connectivity index (χ2n) is 4.85. The van der Waals surface area contributed by atoms with Gasteiger partial charge in [-0.3, -0.25) is 0 Å². The van der Waals surface area contributed by atoms with E-state index in [0.717, 1.165) is 5.56 Å². The summed E-state index contributed by atoms with van der Waals surface area (Å²) in [6.07, 6.45) is 1.05. The molecule has 1 heterocycles. The Labute approximate surface area is 127 Å². The third-order valence-corrected chi connectivity index (χ3v) is 7.18. The molecule has 1 aliphatic heterocycles. The summed E-state index contributed by atoms with van der Waals surface area (Å²) in [6.45, 7) is 0. The molecule has 8 heteroatoms. The van der Waals surface area contributed by atoms with Gasteiger partial charge in [-0.1, -0.05) is 28.1 Å². The van der Waals surface area contributed by atoms with E-state index in [1.807, 2.05) is 0 Å². The van der Waals surface area contributed by atoms with Gasteiger partial charge in [0.05, 0.1) is 16.4 Å². The molecule has 1 aliphatic rings. The van der Waals surface area contributed by atoms with E-state index in [2.05, 4.69) is 20.7 Å². The van der Waals surface area contributed by atoms with E-state index < -0.39 is 25.9 Å². The maximum Gasteiger partial charge on any atom is 0.240 e. The normalized spacial score (nSPS) is 22.6. The van der Waals surface area contributed by atoms with Gasteiger partial charge >= 0.3 is 0 Å². The first-order valence-electron chi connectivity index (χ1n) is 6.20.